The standard InChI is InChI=1S/C13H9F3N4O4S/c1-7-2-3-25-11(7)6-17-18-12-9(19(21)22)4-8(13(14,15)16)5-10(12)20(23)24/h2-6,18H,1H3. The molecule has 0 spiro atoms. The molecule has 1 aromatic carbocycles. The highest BCUT2D eigenvalue weighted by atomic mass is 32.1. The van der Waals surface area contributed by atoms with E-state index >= 15 is 0 Å². The second kappa shape index (κ2) is 6.84. The molecule has 2 aromatic rings. The van der Waals surface area contributed by atoms with Gasteiger partial charge in [0.2, 0.25) is 5.69 Å². The first-order valence-corrected chi connectivity index (χ1v) is 7.36. The molecule has 0 amide bonds. The third kappa shape index (κ3) is 4.09. The molecular formula is C13H9F3N4O4S. The maximum atomic E-state index is 12.8. The van der Waals surface area contributed by atoms with Crippen molar-refractivity contribution in [3.63, 3.8) is 0 Å². The minimum absolute atomic E-state index is 0.223. The Morgan fingerprint density at radius 3 is 2.16 bits per heavy atom. The summed E-state index contributed by atoms with van der Waals surface area (Å²) in [7, 11) is 0. The number of anilines is 1. The zero-order chi connectivity index (χ0) is 18.8. The topological polar surface area (TPSA) is 111 Å². The van der Waals surface area contributed by atoms with Gasteiger partial charge < -0.3 is 0 Å². The molecule has 1 heterocycles. The summed E-state index contributed by atoms with van der Waals surface area (Å²) in [5.74, 6) is 0. The lowest BCUT2D eigenvalue weighted by Gasteiger charge is -2.09. The normalized spacial score (nSPS) is 11.7. The summed E-state index contributed by atoms with van der Waals surface area (Å²) in [4.78, 5) is 20.5. The highest BCUT2D eigenvalue weighted by Crippen LogP contribution is 2.41. The molecule has 0 saturated carbocycles. The molecular weight excluding hydrogens is 365 g/mol. The highest BCUT2D eigenvalue weighted by Gasteiger charge is 2.37. The molecule has 0 atom stereocenters. The van der Waals surface area contributed by atoms with Gasteiger partial charge in [0.25, 0.3) is 0 Å². The third-order valence-corrected chi connectivity index (χ3v) is 4.03. The van der Waals surface area contributed by atoms with E-state index in [0.717, 1.165) is 5.56 Å². The number of hydrogen-bond donors (Lipinski definition) is 1. The van der Waals surface area contributed by atoms with Crippen LogP contribution >= 0.6 is 11.3 Å². The molecule has 12 heteroatoms. The van der Waals surface area contributed by atoms with Crippen LogP contribution in [0.5, 0.6) is 0 Å². The fourth-order valence-electron chi connectivity index (χ4n) is 1.85. The van der Waals surface area contributed by atoms with Gasteiger partial charge >= 0.3 is 17.6 Å². The number of halogens is 3. The predicted octanol–water partition coefficient (Wildman–Crippen LogP) is 4.34. The van der Waals surface area contributed by atoms with Gasteiger partial charge in [0.1, 0.15) is 0 Å². The van der Waals surface area contributed by atoms with Crippen LogP contribution in [0.4, 0.5) is 30.2 Å². The molecule has 0 aliphatic rings. The van der Waals surface area contributed by atoms with E-state index in [4.69, 9.17) is 0 Å². The Labute approximate surface area is 141 Å². The minimum Gasteiger partial charge on any atom is -0.266 e. The Morgan fingerprint density at radius 1 is 1.20 bits per heavy atom. The van der Waals surface area contributed by atoms with E-state index in [1.54, 1.807) is 18.4 Å². The van der Waals surface area contributed by atoms with Crippen molar-refractivity contribution in [3.05, 3.63) is 59.8 Å². The molecule has 8 nitrogen and oxygen atoms in total. The highest BCUT2D eigenvalue weighted by molar-refractivity contribution is 7.11. The average molecular weight is 374 g/mol. The lowest BCUT2D eigenvalue weighted by atomic mass is 10.1. The van der Waals surface area contributed by atoms with Crippen molar-refractivity contribution in [2.45, 2.75) is 13.1 Å². The lowest BCUT2D eigenvalue weighted by molar-refractivity contribution is -0.392. The van der Waals surface area contributed by atoms with Crippen molar-refractivity contribution in [3.8, 4) is 0 Å². The molecule has 1 aromatic heterocycles. The summed E-state index contributed by atoms with van der Waals surface area (Å²) >= 11 is 1.31. The Hall–Kier alpha value is -3.02. The first-order valence-electron chi connectivity index (χ1n) is 6.48. The van der Waals surface area contributed by atoms with Gasteiger partial charge in [-0.1, -0.05) is 0 Å². The van der Waals surface area contributed by atoms with E-state index in [0.29, 0.717) is 4.88 Å². The van der Waals surface area contributed by atoms with Crippen LogP contribution in [0.15, 0.2) is 28.7 Å². The van der Waals surface area contributed by atoms with Gasteiger partial charge in [-0.3, -0.25) is 25.7 Å². The number of nitro benzene ring substituents is 2. The molecule has 0 radical (unpaired) electrons. The van der Waals surface area contributed by atoms with Crippen LogP contribution in [0.2, 0.25) is 0 Å². The Bertz CT molecular complexity index is 828. The molecule has 0 bridgehead atoms. The van der Waals surface area contributed by atoms with Gasteiger partial charge in [0.15, 0.2) is 0 Å². The van der Waals surface area contributed by atoms with Crippen LogP contribution in [0.25, 0.3) is 0 Å². The minimum atomic E-state index is -4.97. The van der Waals surface area contributed by atoms with E-state index < -0.39 is 38.6 Å². The van der Waals surface area contributed by atoms with Gasteiger partial charge in [-0.25, -0.2) is 0 Å². The van der Waals surface area contributed by atoms with Crippen LogP contribution in [-0.2, 0) is 6.18 Å². The van der Waals surface area contributed by atoms with E-state index in [-0.39, 0.29) is 12.1 Å². The van der Waals surface area contributed by atoms with Gasteiger partial charge in [-0.15, -0.1) is 11.3 Å². The van der Waals surface area contributed by atoms with Gasteiger partial charge in [-0.05, 0) is 23.9 Å². The zero-order valence-corrected chi connectivity index (χ0v) is 13.2. The Morgan fingerprint density at radius 2 is 1.76 bits per heavy atom. The number of nitrogens with zero attached hydrogens (tertiary/aromatic N) is 3. The second-order valence-corrected chi connectivity index (χ2v) is 5.69. The number of hydrogen-bond acceptors (Lipinski definition) is 7. The molecule has 132 valence electrons. The van der Waals surface area contributed by atoms with E-state index in [1.165, 1.54) is 17.6 Å². The predicted molar refractivity (Wildman–Crippen MR) is 85.0 cm³/mol. The zero-order valence-electron chi connectivity index (χ0n) is 12.4. The summed E-state index contributed by atoms with van der Waals surface area (Å²) in [6, 6.07) is 2.23. The van der Waals surface area contributed by atoms with Crippen molar-refractivity contribution < 1.29 is 23.0 Å². The number of alkyl halides is 3. The number of thiophene rings is 1. The van der Waals surface area contributed by atoms with Crippen molar-refractivity contribution >= 4 is 34.6 Å². The maximum absolute atomic E-state index is 12.8. The smallest absolute Gasteiger partial charge is 0.266 e. The van der Waals surface area contributed by atoms with Crippen LogP contribution in [0.1, 0.15) is 16.0 Å². The number of rotatable bonds is 5. The largest absolute Gasteiger partial charge is 0.416 e. The fraction of sp³-hybridized carbons (Fsp3) is 0.154. The molecule has 0 aliphatic heterocycles. The molecule has 0 fully saturated rings. The van der Waals surface area contributed by atoms with Crippen LogP contribution in [-0.4, -0.2) is 16.1 Å². The van der Waals surface area contributed by atoms with Crippen molar-refractivity contribution in [1.29, 1.82) is 0 Å². The van der Waals surface area contributed by atoms with Crippen LogP contribution in [0.3, 0.4) is 0 Å². The number of nitrogens with one attached hydrogen (secondary N) is 1. The van der Waals surface area contributed by atoms with Crippen molar-refractivity contribution in [2.24, 2.45) is 5.10 Å². The van der Waals surface area contributed by atoms with Crippen molar-refractivity contribution in [2.75, 3.05) is 5.43 Å². The van der Waals surface area contributed by atoms with Gasteiger partial charge in [0.05, 0.1) is 21.6 Å². The molecule has 0 aliphatic carbocycles. The fourth-order valence-corrected chi connectivity index (χ4v) is 2.64. The Balaban J connectivity index is 2.51. The summed E-state index contributed by atoms with van der Waals surface area (Å²) in [6.07, 6.45) is -3.70. The molecule has 0 unspecified atom stereocenters. The first kappa shape index (κ1) is 18.3. The van der Waals surface area contributed by atoms with E-state index in [2.05, 4.69) is 10.5 Å². The maximum Gasteiger partial charge on any atom is 0.416 e. The summed E-state index contributed by atoms with van der Waals surface area (Å²) in [5, 5.41) is 27.5. The molecule has 0 saturated heterocycles. The lowest BCUT2D eigenvalue weighted by Crippen LogP contribution is -2.09. The molecule has 1 N–H and O–H groups in total. The first-order chi connectivity index (χ1) is 11.6. The quantitative estimate of drug-likeness (QED) is 0.475. The SMILES string of the molecule is Cc1ccsc1C=NNc1c([N+](=O)[O-])cc(C(F)(F)F)cc1[N+](=O)[O-]. The van der Waals surface area contributed by atoms with E-state index in [1.807, 2.05) is 0 Å². The average Bonchev–Trinajstić information content (AvgIpc) is 2.91. The summed E-state index contributed by atoms with van der Waals surface area (Å²) in [6.45, 7) is 1.78. The number of aryl methyl sites for hydroxylation is 1. The molecule has 25 heavy (non-hydrogen) atoms. The monoisotopic (exact) mass is 374 g/mol. The number of nitro groups is 2. The van der Waals surface area contributed by atoms with Crippen molar-refractivity contribution in [1.82, 2.24) is 0 Å². The number of benzene rings is 1. The third-order valence-electron chi connectivity index (χ3n) is 3.08. The van der Waals surface area contributed by atoms with Crippen LogP contribution < -0.4 is 5.43 Å². The second-order valence-electron chi connectivity index (χ2n) is 4.74. The van der Waals surface area contributed by atoms with Gasteiger partial charge in [0, 0.05) is 17.0 Å². The van der Waals surface area contributed by atoms with E-state index in [9.17, 15) is 33.4 Å². The summed E-state index contributed by atoms with van der Waals surface area (Å²) < 4.78 is 38.4. The van der Waals surface area contributed by atoms with Gasteiger partial charge in [-0.2, -0.15) is 18.3 Å². The Kier molecular flexibility index (Phi) is 5.02. The van der Waals surface area contributed by atoms with Crippen LogP contribution in [0, 0.1) is 27.2 Å². The number of hydrazone groups is 1. The molecule has 2 rings (SSSR count). The summed E-state index contributed by atoms with van der Waals surface area (Å²) in [5.41, 5.74) is -1.44.